The van der Waals surface area contributed by atoms with Gasteiger partial charge in [-0.1, -0.05) is 0 Å². The number of amides is 3. The Morgan fingerprint density at radius 2 is 1.61 bits per heavy atom. The number of benzene rings is 2. The van der Waals surface area contributed by atoms with E-state index in [9.17, 15) is 19.2 Å². The van der Waals surface area contributed by atoms with Gasteiger partial charge in [0.05, 0.1) is 23.3 Å². The summed E-state index contributed by atoms with van der Waals surface area (Å²) in [5.41, 5.74) is 1.02. The van der Waals surface area contributed by atoms with Gasteiger partial charge in [-0.15, -0.1) is 0 Å². The molecule has 2 aromatic rings. The average Bonchev–Trinajstić information content (AvgIpc) is 2.99. The minimum Gasteiger partial charge on any atom is -0.494 e. The second-order valence-corrected chi connectivity index (χ2v) is 7.33. The van der Waals surface area contributed by atoms with Gasteiger partial charge in [0.2, 0.25) is 0 Å². The van der Waals surface area contributed by atoms with Gasteiger partial charge >= 0.3 is 5.97 Å². The van der Waals surface area contributed by atoms with Crippen molar-refractivity contribution in [1.82, 2.24) is 4.90 Å². The molecule has 31 heavy (non-hydrogen) atoms. The van der Waals surface area contributed by atoms with E-state index in [-0.39, 0.29) is 22.7 Å². The van der Waals surface area contributed by atoms with Crippen LogP contribution in [0, 0.1) is 0 Å². The number of fused-ring (bicyclic) bond motifs is 1. The maximum Gasteiger partial charge on any atom is 0.338 e. The van der Waals surface area contributed by atoms with E-state index in [2.05, 4.69) is 5.32 Å². The molecule has 0 bridgehead atoms. The van der Waals surface area contributed by atoms with Crippen LogP contribution < -0.4 is 10.1 Å². The van der Waals surface area contributed by atoms with Gasteiger partial charge in [0.1, 0.15) is 5.75 Å². The summed E-state index contributed by atoms with van der Waals surface area (Å²) in [4.78, 5) is 50.9. The normalized spacial score (nSPS) is 13.8. The molecule has 0 spiro atoms. The van der Waals surface area contributed by atoms with Crippen molar-refractivity contribution in [2.75, 3.05) is 11.9 Å². The molecule has 8 heteroatoms. The lowest BCUT2D eigenvalue weighted by atomic mass is 10.1. The fourth-order valence-corrected chi connectivity index (χ4v) is 3.18. The molecule has 1 unspecified atom stereocenters. The molecule has 0 radical (unpaired) electrons. The highest BCUT2D eigenvalue weighted by Gasteiger charge is 2.37. The van der Waals surface area contributed by atoms with E-state index in [1.54, 1.807) is 38.1 Å². The SMILES string of the molecule is CCOc1ccc(NC(=O)C(C)OC(=O)c2ccc3c(c2)C(=O)N(C(C)C)C3=O)cc1. The summed E-state index contributed by atoms with van der Waals surface area (Å²) in [6.07, 6.45) is -1.07. The van der Waals surface area contributed by atoms with Crippen LogP contribution in [0.15, 0.2) is 42.5 Å². The molecule has 1 aliphatic heterocycles. The van der Waals surface area contributed by atoms with Crippen molar-refractivity contribution in [3.05, 3.63) is 59.2 Å². The Labute approximate surface area is 180 Å². The second kappa shape index (κ2) is 8.99. The lowest BCUT2D eigenvalue weighted by Gasteiger charge is -2.17. The Kier molecular flexibility index (Phi) is 6.39. The van der Waals surface area contributed by atoms with Crippen molar-refractivity contribution < 1.29 is 28.7 Å². The van der Waals surface area contributed by atoms with Crippen LogP contribution in [0.3, 0.4) is 0 Å². The van der Waals surface area contributed by atoms with E-state index >= 15 is 0 Å². The Morgan fingerprint density at radius 3 is 2.23 bits per heavy atom. The van der Waals surface area contributed by atoms with Crippen molar-refractivity contribution in [1.29, 1.82) is 0 Å². The zero-order valence-electron chi connectivity index (χ0n) is 17.8. The molecular formula is C23H24N2O6. The van der Waals surface area contributed by atoms with E-state index in [1.807, 2.05) is 6.92 Å². The molecule has 1 N–H and O–H groups in total. The van der Waals surface area contributed by atoms with E-state index < -0.39 is 29.8 Å². The highest BCUT2D eigenvalue weighted by Crippen LogP contribution is 2.26. The molecule has 0 aliphatic carbocycles. The molecule has 1 atom stereocenters. The van der Waals surface area contributed by atoms with Gasteiger partial charge in [-0.2, -0.15) is 0 Å². The van der Waals surface area contributed by atoms with Gasteiger partial charge < -0.3 is 14.8 Å². The summed E-state index contributed by atoms with van der Waals surface area (Å²) >= 11 is 0. The summed E-state index contributed by atoms with van der Waals surface area (Å²) in [5.74, 6) is -1.43. The highest BCUT2D eigenvalue weighted by molar-refractivity contribution is 6.22. The summed E-state index contributed by atoms with van der Waals surface area (Å²) in [5, 5.41) is 2.66. The van der Waals surface area contributed by atoms with Crippen LogP contribution in [0.1, 0.15) is 58.8 Å². The Hall–Kier alpha value is -3.68. The molecular weight excluding hydrogens is 400 g/mol. The quantitative estimate of drug-likeness (QED) is 0.541. The fourth-order valence-electron chi connectivity index (χ4n) is 3.18. The van der Waals surface area contributed by atoms with Crippen molar-refractivity contribution in [2.24, 2.45) is 0 Å². The second-order valence-electron chi connectivity index (χ2n) is 7.33. The lowest BCUT2D eigenvalue weighted by Crippen LogP contribution is -2.35. The number of hydrogen-bond donors (Lipinski definition) is 1. The third kappa shape index (κ3) is 4.58. The van der Waals surface area contributed by atoms with Gasteiger partial charge in [0.15, 0.2) is 6.10 Å². The molecule has 162 valence electrons. The fraction of sp³-hybridized carbons (Fsp3) is 0.304. The highest BCUT2D eigenvalue weighted by atomic mass is 16.5. The van der Waals surface area contributed by atoms with Crippen LogP contribution in [-0.4, -0.2) is 47.3 Å². The predicted octanol–water partition coefficient (Wildman–Crippen LogP) is 3.27. The molecule has 0 saturated carbocycles. The monoisotopic (exact) mass is 424 g/mol. The standard InChI is InChI=1S/C23H24N2O6/c1-5-30-17-9-7-16(8-10-17)24-20(26)14(4)31-23(29)15-6-11-18-19(12-15)22(28)25(13(2)3)21(18)27/h6-14H,5H2,1-4H3,(H,24,26). The molecule has 1 heterocycles. The smallest absolute Gasteiger partial charge is 0.338 e. The molecule has 0 aromatic heterocycles. The van der Waals surface area contributed by atoms with Crippen LogP contribution >= 0.6 is 0 Å². The number of rotatable bonds is 7. The third-order valence-electron chi connectivity index (χ3n) is 4.76. The number of ether oxygens (including phenoxy) is 2. The van der Waals surface area contributed by atoms with Gasteiger partial charge in [0.25, 0.3) is 17.7 Å². The summed E-state index contributed by atoms with van der Waals surface area (Å²) < 4.78 is 10.6. The molecule has 3 rings (SSSR count). The molecule has 3 amide bonds. The Morgan fingerprint density at radius 1 is 0.968 bits per heavy atom. The number of carbonyl (C=O) groups is 4. The van der Waals surface area contributed by atoms with Crippen molar-refractivity contribution >= 4 is 29.4 Å². The number of esters is 1. The van der Waals surface area contributed by atoms with E-state index in [1.165, 1.54) is 25.1 Å². The first-order chi connectivity index (χ1) is 14.7. The van der Waals surface area contributed by atoms with Crippen molar-refractivity contribution in [3.63, 3.8) is 0 Å². The molecule has 8 nitrogen and oxygen atoms in total. The molecule has 0 fully saturated rings. The van der Waals surface area contributed by atoms with Crippen molar-refractivity contribution in [2.45, 2.75) is 39.8 Å². The number of nitrogens with zero attached hydrogens (tertiary/aromatic N) is 1. The lowest BCUT2D eigenvalue weighted by molar-refractivity contribution is -0.123. The zero-order valence-corrected chi connectivity index (χ0v) is 17.8. The van der Waals surface area contributed by atoms with E-state index in [4.69, 9.17) is 9.47 Å². The topological polar surface area (TPSA) is 102 Å². The third-order valence-corrected chi connectivity index (χ3v) is 4.76. The molecule has 1 aliphatic rings. The first-order valence-electron chi connectivity index (χ1n) is 9.99. The number of hydrogen-bond acceptors (Lipinski definition) is 6. The number of anilines is 1. The van der Waals surface area contributed by atoms with Crippen LogP contribution in [0.2, 0.25) is 0 Å². The zero-order chi connectivity index (χ0) is 22.7. The van der Waals surface area contributed by atoms with E-state index in [0.29, 0.717) is 18.0 Å². The Bertz CT molecular complexity index is 1030. The largest absolute Gasteiger partial charge is 0.494 e. The number of imide groups is 1. The summed E-state index contributed by atoms with van der Waals surface area (Å²) in [6.45, 7) is 7.34. The maximum absolute atomic E-state index is 12.5. The minimum absolute atomic E-state index is 0.0891. The van der Waals surface area contributed by atoms with Crippen molar-refractivity contribution in [3.8, 4) is 5.75 Å². The van der Waals surface area contributed by atoms with Gasteiger partial charge in [-0.05, 0) is 70.2 Å². The maximum atomic E-state index is 12.5. The molecule has 0 saturated heterocycles. The summed E-state index contributed by atoms with van der Waals surface area (Å²) in [7, 11) is 0. The first kappa shape index (κ1) is 22.0. The van der Waals surface area contributed by atoms with Crippen LogP contribution in [0.25, 0.3) is 0 Å². The van der Waals surface area contributed by atoms with Crippen LogP contribution in [0.5, 0.6) is 5.75 Å². The first-order valence-corrected chi connectivity index (χ1v) is 9.99. The number of carbonyl (C=O) groups excluding carboxylic acids is 4. The van der Waals surface area contributed by atoms with Gasteiger partial charge in [-0.3, -0.25) is 19.3 Å². The Balaban J connectivity index is 1.66. The average molecular weight is 424 g/mol. The van der Waals surface area contributed by atoms with Crippen LogP contribution in [-0.2, 0) is 9.53 Å². The van der Waals surface area contributed by atoms with Gasteiger partial charge in [-0.25, -0.2) is 4.79 Å². The van der Waals surface area contributed by atoms with Crippen LogP contribution in [0.4, 0.5) is 5.69 Å². The minimum atomic E-state index is -1.07. The predicted molar refractivity (Wildman–Crippen MR) is 113 cm³/mol. The number of nitrogens with one attached hydrogen (secondary N) is 1. The summed E-state index contributed by atoms with van der Waals surface area (Å²) in [6, 6.07) is 10.7. The van der Waals surface area contributed by atoms with Gasteiger partial charge in [0, 0.05) is 11.7 Å². The molecule has 2 aromatic carbocycles. The van der Waals surface area contributed by atoms with E-state index in [0.717, 1.165) is 4.90 Å².